The number of ether oxygens (including phenoxy) is 1. The fourth-order valence-electron chi connectivity index (χ4n) is 9.33. The van der Waals surface area contributed by atoms with Crippen LogP contribution in [0, 0.1) is 6.92 Å². The van der Waals surface area contributed by atoms with Gasteiger partial charge in [0, 0.05) is 46.3 Å². The highest BCUT2D eigenvalue weighted by Crippen LogP contribution is 2.58. The Morgan fingerprint density at radius 1 is 0.620 bits per heavy atom. The third-order valence-corrected chi connectivity index (χ3v) is 11.9. The van der Waals surface area contributed by atoms with Crippen LogP contribution in [-0.4, -0.2) is 13.1 Å². The number of aryl methyl sites for hydroxylation is 1. The Hall–Kier alpha value is -5.34. The molecule has 0 saturated carbocycles. The van der Waals surface area contributed by atoms with Crippen LogP contribution in [0.25, 0.3) is 49.5 Å². The number of benzene rings is 7. The lowest BCUT2D eigenvalue weighted by molar-refractivity contribution is 0.163. The first-order valence-corrected chi connectivity index (χ1v) is 18.3. The van der Waals surface area contributed by atoms with E-state index >= 15 is 0 Å². The topological polar surface area (TPSA) is 12.5 Å². The molecule has 2 heteroatoms. The van der Waals surface area contributed by atoms with Crippen molar-refractivity contribution < 1.29 is 4.74 Å². The van der Waals surface area contributed by atoms with Gasteiger partial charge in [-0.05, 0) is 99.6 Å². The molecule has 244 valence electrons. The molecule has 1 unspecified atom stereocenters. The van der Waals surface area contributed by atoms with Crippen LogP contribution >= 0.6 is 0 Å². The van der Waals surface area contributed by atoms with Crippen LogP contribution in [-0.2, 0) is 11.0 Å². The van der Waals surface area contributed by atoms with Crippen molar-refractivity contribution >= 4 is 44.1 Å². The van der Waals surface area contributed by atoms with E-state index in [9.17, 15) is 0 Å². The summed E-state index contributed by atoms with van der Waals surface area (Å²) in [7, 11) is 0. The fourth-order valence-corrected chi connectivity index (χ4v) is 9.33. The second-order valence-electron chi connectivity index (χ2n) is 15.2. The van der Waals surface area contributed by atoms with E-state index < -0.39 is 5.60 Å². The van der Waals surface area contributed by atoms with Crippen molar-refractivity contribution in [2.75, 3.05) is 18.0 Å². The number of anilines is 1. The number of rotatable bonds is 3. The number of hydrogen-bond acceptors (Lipinski definition) is 2. The van der Waals surface area contributed by atoms with Gasteiger partial charge in [-0.2, -0.15) is 0 Å². The smallest absolute Gasteiger partial charge is 0.178 e. The molecule has 2 heterocycles. The van der Waals surface area contributed by atoms with Gasteiger partial charge in [-0.3, -0.25) is 0 Å². The highest BCUT2D eigenvalue weighted by atomic mass is 16.5. The zero-order valence-electron chi connectivity index (χ0n) is 29.1. The maximum atomic E-state index is 7.69. The van der Waals surface area contributed by atoms with Crippen LogP contribution in [0.2, 0.25) is 0 Å². The van der Waals surface area contributed by atoms with Crippen LogP contribution in [0.15, 0.2) is 127 Å². The summed E-state index contributed by atoms with van der Waals surface area (Å²) in [5.41, 5.74) is 10.5. The summed E-state index contributed by atoms with van der Waals surface area (Å²) >= 11 is 0. The Kier molecular flexibility index (Phi) is 6.40. The summed E-state index contributed by atoms with van der Waals surface area (Å²) in [5, 5.41) is 7.42. The Morgan fingerprint density at radius 2 is 1.30 bits per heavy atom. The molecule has 50 heavy (non-hydrogen) atoms. The minimum absolute atomic E-state index is 0.170. The van der Waals surface area contributed by atoms with Gasteiger partial charge in [0.1, 0.15) is 5.75 Å². The van der Waals surface area contributed by atoms with Gasteiger partial charge in [0.2, 0.25) is 0 Å². The van der Waals surface area contributed by atoms with E-state index in [1.807, 2.05) is 0 Å². The molecule has 7 aromatic rings. The average Bonchev–Trinajstić information content (AvgIpc) is 3.40. The first-order valence-electron chi connectivity index (χ1n) is 18.3. The molecular weight excluding hydrogens is 607 g/mol. The predicted molar refractivity (Wildman–Crippen MR) is 211 cm³/mol. The fraction of sp³-hybridized carbons (Fsp3) is 0.208. The molecule has 1 atom stereocenters. The van der Waals surface area contributed by atoms with Crippen LogP contribution < -0.4 is 9.64 Å². The molecule has 0 bridgehead atoms. The summed E-state index contributed by atoms with van der Waals surface area (Å²) in [5.74, 6) is 0.970. The van der Waals surface area contributed by atoms with E-state index in [2.05, 4.69) is 159 Å². The summed E-state index contributed by atoms with van der Waals surface area (Å²) in [6, 6.07) is 45.2. The van der Waals surface area contributed by atoms with E-state index in [-0.39, 0.29) is 5.41 Å². The van der Waals surface area contributed by atoms with Crippen LogP contribution in [0.5, 0.6) is 5.75 Å². The van der Waals surface area contributed by atoms with Gasteiger partial charge in [0.05, 0.1) is 0 Å². The predicted octanol–water partition coefficient (Wildman–Crippen LogP) is 12.1. The molecule has 3 aliphatic rings. The second-order valence-corrected chi connectivity index (χ2v) is 15.2. The molecule has 7 aromatic carbocycles. The van der Waals surface area contributed by atoms with Crippen molar-refractivity contribution in [2.45, 2.75) is 51.0 Å². The molecule has 10 rings (SSSR count). The molecule has 0 spiro atoms. The molecule has 0 radical (unpaired) electrons. The van der Waals surface area contributed by atoms with Gasteiger partial charge in [0.25, 0.3) is 0 Å². The van der Waals surface area contributed by atoms with E-state index in [0.717, 1.165) is 35.4 Å². The second kappa shape index (κ2) is 10.8. The van der Waals surface area contributed by atoms with Crippen molar-refractivity contribution in [2.24, 2.45) is 0 Å². The van der Waals surface area contributed by atoms with Crippen molar-refractivity contribution in [1.29, 1.82) is 0 Å². The summed E-state index contributed by atoms with van der Waals surface area (Å²) in [6.45, 7) is 9.22. The van der Waals surface area contributed by atoms with Gasteiger partial charge in [-0.15, -0.1) is 0 Å². The quantitative estimate of drug-likeness (QED) is 0.177. The Labute approximate surface area is 294 Å². The molecule has 0 N–H and O–H groups in total. The summed E-state index contributed by atoms with van der Waals surface area (Å²) in [6.07, 6.45) is 8.58. The SMILES string of the molecule is Cc1ccc2c(c1)C(C)(C)c1c3c(c4ccccc4c1-2)OC(c1ccc(N2CCCCC2)cc1)(c1ccc2ccc4ccccc4c2c1)C=C3. The largest absolute Gasteiger partial charge is 0.472 e. The highest BCUT2D eigenvalue weighted by molar-refractivity contribution is 6.09. The number of nitrogens with zero attached hydrogens (tertiary/aromatic N) is 1. The zero-order valence-corrected chi connectivity index (χ0v) is 29.1. The lowest BCUT2D eigenvalue weighted by Crippen LogP contribution is -2.35. The van der Waals surface area contributed by atoms with E-state index in [1.54, 1.807) is 0 Å². The third kappa shape index (κ3) is 4.21. The molecule has 1 fully saturated rings. The van der Waals surface area contributed by atoms with Gasteiger partial charge in [0.15, 0.2) is 5.60 Å². The third-order valence-electron chi connectivity index (χ3n) is 11.9. The Bertz CT molecular complexity index is 2530. The summed E-state index contributed by atoms with van der Waals surface area (Å²) < 4.78 is 7.69. The average molecular weight is 648 g/mol. The van der Waals surface area contributed by atoms with Gasteiger partial charge in [-0.1, -0.05) is 129 Å². The molecule has 1 aliphatic carbocycles. The highest BCUT2D eigenvalue weighted by Gasteiger charge is 2.44. The van der Waals surface area contributed by atoms with Crippen molar-refractivity contribution in [1.82, 2.24) is 0 Å². The number of hydrogen-bond donors (Lipinski definition) is 0. The molecule has 0 aromatic heterocycles. The van der Waals surface area contributed by atoms with Gasteiger partial charge in [-0.25, -0.2) is 0 Å². The minimum atomic E-state index is -0.818. The standard InChI is InChI=1S/C48H41NO/c1-31-15-24-40-43(29-31)47(2,3)45-41-25-26-48(50-46(41)39-14-8-7-13-38(39)44(40)45,34-20-22-36(23-21-34)49-27-9-4-10-28-49)35-19-18-33-17-16-32-11-5-6-12-37(32)42(33)30-35/h5-8,11-26,29-30H,4,9-10,27-28H2,1-3H3. The van der Waals surface area contributed by atoms with Crippen molar-refractivity contribution in [3.63, 3.8) is 0 Å². The molecule has 0 amide bonds. The van der Waals surface area contributed by atoms with Crippen LogP contribution in [0.3, 0.4) is 0 Å². The maximum Gasteiger partial charge on any atom is 0.178 e. The van der Waals surface area contributed by atoms with E-state index in [4.69, 9.17) is 4.74 Å². The molecule has 2 aliphatic heterocycles. The van der Waals surface area contributed by atoms with Crippen molar-refractivity contribution in [3.8, 4) is 16.9 Å². The monoisotopic (exact) mass is 647 g/mol. The van der Waals surface area contributed by atoms with E-state index in [1.165, 1.54) is 85.3 Å². The normalized spacial score (nSPS) is 19.0. The molecular formula is C48H41NO. The van der Waals surface area contributed by atoms with Crippen LogP contribution in [0.4, 0.5) is 5.69 Å². The first kappa shape index (κ1) is 29.6. The molecule has 2 nitrogen and oxygen atoms in total. The van der Waals surface area contributed by atoms with Gasteiger partial charge >= 0.3 is 0 Å². The number of fused-ring (bicyclic) bond motifs is 11. The first-order chi connectivity index (χ1) is 24.4. The zero-order chi connectivity index (χ0) is 33.6. The van der Waals surface area contributed by atoms with Crippen molar-refractivity contribution in [3.05, 3.63) is 161 Å². The van der Waals surface area contributed by atoms with Crippen LogP contribution in [0.1, 0.15) is 66.5 Å². The van der Waals surface area contributed by atoms with Gasteiger partial charge < -0.3 is 9.64 Å². The minimum Gasteiger partial charge on any atom is -0.472 e. The summed E-state index contributed by atoms with van der Waals surface area (Å²) in [4.78, 5) is 2.53. The molecule has 1 saturated heterocycles. The Balaban J connectivity index is 1.23. The lowest BCUT2D eigenvalue weighted by atomic mass is 9.76. The Morgan fingerprint density at radius 3 is 2.10 bits per heavy atom. The lowest BCUT2D eigenvalue weighted by Gasteiger charge is -2.39. The van der Waals surface area contributed by atoms with E-state index in [0.29, 0.717) is 0 Å². The number of piperidine rings is 1. The maximum absolute atomic E-state index is 7.69.